The lowest BCUT2D eigenvalue weighted by Crippen LogP contribution is -2.31. The van der Waals surface area contributed by atoms with Gasteiger partial charge in [0.05, 0.1) is 18.8 Å². The molecule has 0 bridgehead atoms. The van der Waals surface area contributed by atoms with Crippen LogP contribution in [-0.4, -0.2) is 38.9 Å². The number of aliphatic hydroxyl groups excluding tert-OH is 1. The van der Waals surface area contributed by atoms with Crippen molar-refractivity contribution in [2.45, 2.75) is 69.0 Å². The Kier molecular flexibility index (Phi) is 13.1. The second-order valence-corrected chi connectivity index (χ2v) is 14.7. The van der Waals surface area contributed by atoms with Crippen LogP contribution >= 0.6 is 11.8 Å². The van der Waals surface area contributed by atoms with E-state index in [2.05, 4.69) is 17.4 Å². The molecule has 10 heteroatoms. The van der Waals surface area contributed by atoms with E-state index >= 15 is 0 Å². The molecule has 1 fully saturated rings. The second-order valence-electron chi connectivity index (χ2n) is 13.8. The molecule has 0 radical (unpaired) electrons. The van der Waals surface area contributed by atoms with Crippen LogP contribution in [0.5, 0.6) is 0 Å². The van der Waals surface area contributed by atoms with Crippen LogP contribution in [-0.2, 0) is 32.2 Å². The molecule has 1 saturated heterocycles. The normalized spacial score (nSPS) is 16.7. The quantitative estimate of drug-likeness (QED) is 0.0651. The van der Waals surface area contributed by atoms with Gasteiger partial charge in [0.25, 0.3) is 5.22 Å². The third-order valence-corrected chi connectivity index (χ3v) is 10.6. The summed E-state index contributed by atoms with van der Waals surface area (Å²) >= 11 is 1.52. The van der Waals surface area contributed by atoms with E-state index in [9.17, 15) is 14.7 Å². The van der Waals surface area contributed by atoms with Crippen molar-refractivity contribution in [1.29, 1.82) is 0 Å². The number of carboxylic acid groups (broad SMARTS) is 1. The van der Waals surface area contributed by atoms with Crippen LogP contribution in [0.1, 0.15) is 66.8 Å². The molecule has 6 aromatic rings. The summed E-state index contributed by atoms with van der Waals surface area (Å²) in [7, 11) is 0. The number of carbonyl (C=O) groups is 2. The fourth-order valence-electron chi connectivity index (χ4n) is 6.70. The summed E-state index contributed by atoms with van der Waals surface area (Å²) in [5, 5.41) is 22.0. The van der Waals surface area contributed by atoms with Gasteiger partial charge in [-0.05, 0) is 52.8 Å². The maximum Gasteiger partial charge on any atom is 0.303 e. The van der Waals surface area contributed by atoms with Crippen molar-refractivity contribution >= 4 is 23.6 Å². The van der Waals surface area contributed by atoms with Crippen molar-refractivity contribution in [2.24, 2.45) is 0 Å². The van der Waals surface area contributed by atoms with Gasteiger partial charge in [0.2, 0.25) is 5.91 Å². The maximum absolute atomic E-state index is 12.4. The number of benzene rings is 5. The summed E-state index contributed by atoms with van der Waals surface area (Å²) in [6.45, 7) is 0.346. The molecule has 9 nitrogen and oxygen atoms in total. The summed E-state index contributed by atoms with van der Waals surface area (Å²) in [6.07, 6.45) is 0.892. The number of ether oxygens (including phenoxy) is 2. The van der Waals surface area contributed by atoms with Gasteiger partial charge in [-0.3, -0.25) is 9.59 Å². The van der Waals surface area contributed by atoms with E-state index < -0.39 is 12.3 Å². The molecule has 1 aliphatic rings. The third kappa shape index (κ3) is 10.2. The van der Waals surface area contributed by atoms with E-state index in [1.807, 2.05) is 121 Å². The Balaban J connectivity index is 1.08. The van der Waals surface area contributed by atoms with Crippen LogP contribution in [0.2, 0.25) is 0 Å². The highest BCUT2D eigenvalue weighted by Gasteiger charge is 2.33. The Morgan fingerprint density at radius 1 is 0.714 bits per heavy atom. The first-order valence-corrected chi connectivity index (χ1v) is 19.8. The zero-order chi connectivity index (χ0) is 38.7. The lowest BCUT2D eigenvalue weighted by Gasteiger charge is -2.36. The van der Waals surface area contributed by atoms with E-state index in [4.69, 9.17) is 24.0 Å². The van der Waals surface area contributed by atoms with Crippen LogP contribution in [0.25, 0.3) is 33.7 Å². The molecule has 3 unspecified atom stereocenters. The first kappa shape index (κ1) is 38.7. The van der Waals surface area contributed by atoms with Crippen molar-refractivity contribution in [2.75, 3.05) is 5.75 Å². The number of nitrogens with one attached hydrogen (secondary N) is 1. The van der Waals surface area contributed by atoms with Crippen LogP contribution in [0.4, 0.5) is 0 Å². The van der Waals surface area contributed by atoms with Crippen LogP contribution in [0, 0.1) is 0 Å². The van der Waals surface area contributed by atoms with Gasteiger partial charge < -0.3 is 29.4 Å². The summed E-state index contributed by atoms with van der Waals surface area (Å²) in [5.41, 5.74) is 8.39. The number of hydrogen-bond donors (Lipinski definition) is 3. The summed E-state index contributed by atoms with van der Waals surface area (Å²) < 4.78 is 19.8. The highest BCUT2D eigenvalue weighted by Crippen LogP contribution is 2.41. The van der Waals surface area contributed by atoms with Gasteiger partial charge in [-0.1, -0.05) is 133 Å². The number of nitrogens with zero attached hydrogens (tertiary/aromatic N) is 1. The molecular weight excluding hydrogens is 725 g/mol. The number of aliphatic carboxylic acids is 1. The van der Waals surface area contributed by atoms with Crippen LogP contribution in [0.3, 0.4) is 0 Å². The van der Waals surface area contributed by atoms with Gasteiger partial charge in [0, 0.05) is 48.3 Å². The van der Waals surface area contributed by atoms with Gasteiger partial charge in [0.1, 0.15) is 5.69 Å². The number of thioether (sulfide) groups is 1. The molecule has 0 saturated carbocycles. The number of unbranched alkanes of at least 4 members (excludes halogenated alkanes) is 1. The molecule has 7 rings (SSSR count). The molecule has 0 spiro atoms. The average Bonchev–Trinajstić information content (AvgIpc) is 3.69. The molecule has 1 aromatic heterocycles. The molecule has 0 aliphatic carbocycles. The number of aromatic nitrogens is 1. The van der Waals surface area contributed by atoms with Crippen LogP contribution in [0.15, 0.2) is 143 Å². The van der Waals surface area contributed by atoms with Gasteiger partial charge in [-0.25, -0.2) is 4.98 Å². The standard InChI is InChI=1S/C46H44N2O7S/c49-29-31-21-23-33(24-22-31)40-27-39(30-56-46-48-43(34-12-3-1-4-13-34)44(55-46)35-14-5-2-6-15-35)53-45(54-40)38-18-10-17-37(26-38)36-16-9-11-32(25-36)28-47-41(50)19-7-8-20-42(51)52/h1-6,9-18,21-26,39-40,45,49H,7-8,19-20,27-30H2,(H,47,50)(H,51,52). The minimum Gasteiger partial charge on any atom is -0.481 e. The third-order valence-electron chi connectivity index (χ3n) is 9.65. The zero-order valence-corrected chi connectivity index (χ0v) is 31.7. The van der Waals surface area contributed by atoms with E-state index in [1.54, 1.807) is 0 Å². The predicted molar refractivity (Wildman–Crippen MR) is 216 cm³/mol. The van der Waals surface area contributed by atoms with E-state index in [0.29, 0.717) is 43.2 Å². The second kappa shape index (κ2) is 18.9. The highest BCUT2D eigenvalue weighted by molar-refractivity contribution is 7.99. The Bertz CT molecular complexity index is 2150. The zero-order valence-electron chi connectivity index (χ0n) is 30.9. The van der Waals surface area contributed by atoms with Gasteiger partial charge >= 0.3 is 5.97 Å². The Hall–Kier alpha value is -5.52. The molecular formula is C46H44N2O7S. The fraction of sp³-hybridized carbons (Fsp3) is 0.239. The summed E-state index contributed by atoms with van der Waals surface area (Å²) in [5.74, 6) is 0.362. The molecule has 1 aliphatic heterocycles. The van der Waals surface area contributed by atoms with E-state index in [-0.39, 0.29) is 31.1 Å². The monoisotopic (exact) mass is 768 g/mol. The number of hydrogen-bond acceptors (Lipinski definition) is 8. The van der Waals surface area contributed by atoms with Crippen molar-refractivity contribution < 1.29 is 33.7 Å². The SMILES string of the molecule is O=C(O)CCCCC(=O)NCc1cccc(-c2cccc(C3OC(CSc4nc(-c5ccccc5)c(-c5ccccc5)o4)CC(c4ccc(CO)cc4)O3)c2)c1. The average molecular weight is 769 g/mol. The van der Waals surface area contributed by atoms with E-state index in [1.165, 1.54) is 11.8 Å². The molecule has 3 N–H and O–H groups in total. The smallest absolute Gasteiger partial charge is 0.303 e. The number of oxazole rings is 1. The molecule has 2 heterocycles. The lowest BCUT2D eigenvalue weighted by molar-refractivity contribution is -0.245. The van der Waals surface area contributed by atoms with E-state index in [0.717, 1.165) is 56.0 Å². The number of rotatable bonds is 16. The summed E-state index contributed by atoms with van der Waals surface area (Å²) in [6, 6.07) is 44.1. The topological polar surface area (TPSA) is 131 Å². The highest BCUT2D eigenvalue weighted by atomic mass is 32.2. The fourth-order valence-corrected chi connectivity index (χ4v) is 7.54. The molecule has 1 amide bonds. The molecule has 5 aromatic carbocycles. The van der Waals surface area contributed by atoms with Gasteiger partial charge in [-0.2, -0.15) is 0 Å². The first-order valence-electron chi connectivity index (χ1n) is 18.8. The predicted octanol–water partition coefficient (Wildman–Crippen LogP) is 9.77. The maximum atomic E-state index is 12.4. The number of amides is 1. The van der Waals surface area contributed by atoms with Crippen LogP contribution < -0.4 is 5.32 Å². The minimum atomic E-state index is -0.849. The minimum absolute atomic E-state index is 0.0299. The van der Waals surface area contributed by atoms with Gasteiger partial charge in [0.15, 0.2) is 12.1 Å². The number of carboxylic acids is 1. The lowest BCUT2D eigenvalue weighted by atomic mass is 9.99. The molecule has 56 heavy (non-hydrogen) atoms. The van der Waals surface area contributed by atoms with Crippen molar-refractivity contribution in [3.05, 3.63) is 156 Å². The Labute approximate surface area is 330 Å². The summed E-state index contributed by atoms with van der Waals surface area (Å²) in [4.78, 5) is 28.1. The molecule has 286 valence electrons. The Morgan fingerprint density at radius 2 is 1.39 bits per heavy atom. The number of aliphatic hydroxyl groups is 1. The first-order chi connectivity index (χ1) is 27.4. The van der Waals surface area contributed by atoms with Crippen molar-refractivity contribution in [1.82, 2.24) is 10.3 Å². The molecule has 3 atom stereocenters. The number of carbonyl (C=O) groups excluding carboxylic acids is 1. The van der Waals surface area contributed by atoms with Gasteiger partial charge in [-0.15, -0.1) is 0 Å². The largest absolute Gasteiger partial charge is 0.481 e. The van der Waals surface area contributed by atoms with Crippen molar-refractivity contribution in [3.63, 3.8) is 0 Å². The Morgan fingerprint density at radius 3 is 2.12 bits per heavy atom. The van der Waals surface area contributed by atoms with Crippen molar-refractivity contribution in [3.8, 4) is 33.7 Å².